The number of carbonyl (C=O) groups is 2. The van der Waals surface area contributed by atoms with E-state index in [0.29, 0.717) is 35.7 Å². The predicted octanol–water partition coefficient (Wildman–Crippen LogP) is 2.75. The molecule has 2 aromatic heterocycles. The Bertz CT molecular complexity index is 1370. The fraction of sp³-hybridized carbons (Fsp3) is 0.200. The molecule has 0 bridgehead atoms. The van der Waals surface area contributed by atoms with Crippen molar-refractivity contribution >= 4 is 29.1 Å². The van der Waals surface area contributed by atoms with Crippen LogP contribution >= 0.6 is 11.6 Å². The maximum Gasteiger partial charge on any atom is 0.350 e. The minimum absolute atomic E-state index is 0.212. The Morgan fingerprint density at radius 3 is 2.38 bits per heavy atom. The molecule has 2 heterocycles. The van der Waals surface area contributed by atoms with Crippen LogP contribution in [0.5, 0.6) is 0 Å². The Hall–Kier alpha value is -3.91. The minimum Gasteiger partial charge on any atom is -0.354 e. The van der Waals surface area contributed by atoms with Gasteiger partial charge in [0.15, 0.2) is 5.65 Å². The van der Waals surface area contributed by atoms with Gasteiger partial charge in [0.25, 0.3) is 5.91 Å². The van der Waals surface area contributed by atoms with Gasteiger partial charge in [0.1, 0.15) is 6.54 Å². The van der Waals surface area contributed by atoms with Crippen molar-refractivity contribution in [1.82, 2.24) is 24.8 Å². The monoisotopic (exact) mass is 477 g/mol. The van der Waals surface area contributed by atoms with Crippen LogP contribution in [0.15, 0.2) is 71.7 Å². The molecule has 2 aromatic carbocycles. The number of aromatic nitrogens is 3. The summed E-state index contributed by atoms with van der Waals surface area (Å²) < 4.78 is 2.35. The van der Waals surface area contributed by atoms with Crippen molar-refractivity contribution in [2.45, 2.75) is 26.4 Å². The highest BCUT2D eigenvalue weighted by atomic mass is 35.5. The van der Waals surface area contributed by atoms with E-state index in [4.69, 9.17) is 11.6 Å². The minimum atomic E-state index is -0.490. The molecule has 8 nitrogen and oxygen atoms in total. The molecular weight excluding hydrogens is 454 g/mol. The third kappa shape index (κ3) is 5.71. The molecule has 34 heavy (non-hydrogen) atoms. The van der Waals surface area contributed by atoms with Crippen LogP contribution < -0.4 is 16.3 Å². The SMILES string of the molecule is Cc1ccc(CNC(=O)c2ccc3nn(CC(=O)NCCc4ccc(Cl)cc4)c(=O)n3c2)cc1. The first-order valence-electron chi connectivity index (χ1n) is 10.8. The Morgan fingerprint density at radius 2 is 1.65 bits per heavy atom. The van der Waals surface area contributed by atoms with Crippen molar-refractivity contribution in [2.75, 3.05) is 6.54 Å². The topological polar surface area (TPSA) is 97.5 Å². The fourth-order valence-electron chi connectivity index (χ4n) is 3.44. The van der Waals surface area contributed by atoms with Crippen molar-refractivity contribution in [2.24, 2.45) is 0 Å². The second kappa shape index (κ2) is 10.4. The molecule has 0 saturated heterocycles. The zero-order valence-corrected chi connectivity index (χ0v) is 19.4. The van der Waals surface area contributed by atoms with Gasteiger partial charge < -0.3 is 10.6 Å². The van der Waals surface area contributed by atoms with Crippen LogP contribution in [0, 0.1) is 6.92 Å². The lowest BCUT2D eigenvalue weighted by Gasteiger charge is -2.06. The van der Waals surface area contributed by atoms with Crippen LogP contribution in [-0.2, 0) is 24.3 Å². The zero-order chi connectivity index (χ0) is 24.1. The number of benzene rings is 2. The van der Waals surface area contributed by atoms with E-state index >= 15 is 0 Å². The van der Waals surface area contributed by atoms with Crippen molar-refractivity contribution in [1.29, 1.82) is 0 Å². The number of pyridine rings is 1. The van der Waals surface area contributed by atoms with Gasteiger partial charge in [-0.25, -0.2) is 13.9 Å². The average molecular weight is 478 g/mol. The molecule has 0 aliphatic rings. The summed E-state index contributed by atoms with van der Waals surface area (Å²) in [6.45, 7) is 2.59. The van der Waals surface area contributed by atoms with Crippen molar-refractivity contribution < 1.29 is 9.59 Å². The Kier molecular flexibility index (Phi) is 7.08. The largest absolute Gasteiger partial charge is 0.354 e. The van der Waals surface area contributed by atoms with Crippen molar-refractivity contribution in [3.05, 3.63) is 105 Å². The standard InChI is InChI=1S/C25H24ClN5O3/c1-17-2-4-19(5-3-17)14-28-24(33)20-8-11-22-29-31(25(34)30(22)15-20)16-23(32)27-13-12-18-6-9-21(26)10-7-18/h2-11,15H,12-14,16H2,1H3,(H,27,32)(H,28,33). The lowest BCUT2D eigenvalue weighted by atomic mass is 10.1. The van der Waals surface area contributed by atoms with Crippen LogP contribution in [-0.4, -0.2) is 32.5 Å². The smallest absolute Gasteiger partial charge is 0.350 e. The van der Waals surface area contributed by atoms with Gasteiger partial charge in [0, 0.05) is 24.3 Å². The number of hydrogen-bond donors (Lipinski definition) is 2. The van der Waals surface area contributed by atoms with Gasteiger partial charge in [-0.05, 0) is 48.7 Å². The summed E-state index contributed by atoms with van der Waals surface area (Å²) >= 11 is 5.87. The fourth-order valence-corrected chi connectivity index (χ4v) is 3.56. The second-order valence-electron chi connectivity index (χ2n) is 7.98. The quantitative estimate of drug-likeness (QED) is 0.407. The van der Waals surface area contributed by atoms with Crippen LogP contribution in [0.2, 0.25) is 5.02 Å². The van der Waals surface area contributed by atoms with Crippen LogP contribution in [0.4, 0.5) is 0 Å². The lowest BCUT2D eigenvalue weighted by molar-refractivity contribution is -0.121. The first-order valence-corrected chi connectivity index (χ1v) is 11.2. The maximum absolute atomic E-state index is 12.7. The highest BCUT2D eigenvalue weighted by molar-refractivity contribution is 6.30. The number of hydrogen-bond acceptors (Lipinski definition) is 4. The van der Waals surface area contributed by atoms with Crippen LogP contribution in [0.1, 0.15) is 27.0 Å². The average Bonchev–Trinajstić information content (AvgIpc) is 3.14. The van der Waals surface area contributed by atoms with Crippen LogP contribution in [0.25, 0.3) is 5.65 Å². The summed E-state index contributed by atoms with van der Waals surface area (Å²) in [6.07, 6.45) is 2.08. The highest BCUT2D eigenvalue weighted by Crippen LogP contribution is 2.09. The molecule has 9 heteroatoms. The number of aryl methyl sites for hydroxylation is 1. The van der Waals surface area contributed by atoms with E-state index < -0.39 is 5.69 Å². The maximum atomic E-state index is 12.7. The van der Waals surface area contributed by atoms with Gasteiger partial charge >= 0.3 is 5.69 Å². The molecule has 0 spiro atoms. The summed E-state index contributed by atoms with van der Waals surface area (Å²) in [5.41, 5.74) is 3.36. The number of halogens is 1. The van der Waals surface area contributed by atoms with E-state index in [2.05, 4.69) is 15.7 Å². The van der Waals surface area contributed by atoms with E-state index in [-0.39, 0.29) is 18.4 Å². The third-order valence-electron chi connectivity index (χ3n) is 5.36. The zero-order valence-electron chi connectivity index (χ0n) is 18.6. The van der Waals surface area contributed by atoms with E-state index in [0.717, 1.165) is 21.4 Å². The van der Waals surface area contributed by atoms with E-state index in [1.165, 1.54) is 10.6 Å². The molecule has 4 rings (SSSR count). The molecule has 2 N–H and O–H groups in total. The number of amides is 2. The molecular formula is C25H24ClN5O3. The molecule has 0 unspecified atom stereocenters. The molecule has 4 aromatic rings. The number of carbonyl (C=O) groups excluding carboxylic acids is 2. The van der Waals surface area contributed by atoms with E-state index in [9.17, 15) is 14.4 Å². The Morgan fingerprint density at radius 1 is 0.941 bits per heavy atom. The lowest BCUT2D eigenvalue weighted by Crippen LogP contribution is -2.33. The predicted molar refractivity (Wildman–Crippen MR) is 130 cm³/mol. The van der Waals surface area contributed by atoms with Gasteiger partial charge in [-0.3, -0.25) is 9.59 Å². The molecule has 0 aliphatic carbocycles. The normalized spacial score (nSPS) is 10.9. The number of nitrogens with one attached hydrogen (secondary N) is 2. The van der Waals surface area contributed by atoms with Crippen LogP contribution in [0.3, 0.4) is 0 Å². The van der Waals surface area contributed by atoms with Crippen molar-refractivity contribution in [3.8, 4) is 0 Å². The molecule has 0 atom stereocenters. The molecule has 0 fully saturated rings. The van der Waals surface area contributed by atoms with Gasteiger partial charge in [-0.1, -0.05) is 53.6 Å². The highest BCUT2D eigenvalue weighted by Gasteiger charge is 2.13. The summed E-state index contributed by atoms with van der Waals surface area (Å²) in [5, 5.41) is 10.5. The van der Waals surface area contributed by atoms with Gasteiger partial charge in [-0.15, -0.1) is 5.10 Å². The Labute approximate surface area is 201 Å². The molecule has 2 amide bonds. The molecule has 0 aliphatic heterocycles. The Balaban J connectivity index is 1.36. The van der Waals surface area contributed by atoms with Crippen molar-refractivity contribution in [3.63, 3.8) is 0 Å². The van der Waals surface area contributed by atoms with E-state index in [1.54, 1.807) is 24.3 Å². The number of rotatable bonds is 8. The second-order valence-corrected chi connectivity index (χ2v) is 8.42. The van der Waals surface area contributed by atoms with E-state index in [1.807, 2.05) is 43.3 Å². The molecule has 0 radical (unpaired) electrons. The van der Waals surface area contributed by atoms with Gasteiger partial charge in [-0.2, -0.15) is 0 Å². The van der Waals surface area contributed by atoms with Gasteiger partial charge in [0.05, 0.1) is 5.56 Å². The third-order valence-corrected chi connectivity index (χ3v) is 5.61. The first kappa shape index (κ1) is 23.3. The number of fused-ring (bicyclic) bond motifs is 1. The first-order chi connectivity index (χ1) is 16.4. The number of nitrogens with zero attached hydrogens (tertiary/aromatic N) is 3. The summed E-state index contributed by atoms with van der Waals surface area (Å²) in [4.78, 5) is 37.6. The summed E-state index contributed by atoms with van der Waals surface area (Å²) in [6, 6.07) is 18.4. The summed E-state index contributed by atoms with van der Waals surface area (Å²) in [7, 11) is 0. The molecule has 0 saturated carbocycles. The van der Waals surface area contributed by atoms with Gasteiger partial charge in [0.2, 0.25) is 5.91 Å². The molecule has 174 valence electrons. The summed E-state index contributed by atoms with van der Waals surface area (Å²) in [5.74, 6) is -0.627.